The Labute approximate surface area is 252 Å². The van der Waals surface area contributed by atoms with Crippen molar-refractivity contribution in [3.05, 3.63) is 61.9 Å². The van der Waals surface area contributed by atoms with Gasteiger partial charge in [-0.1, -0.05) is 42.8 Å². The smallest absolute Gasteiger partial charge is 0.338 e. The van der Waals surface area contributed by atoms with Crippen LogP contribution >= 0.6 is 27.3 Å². The van der Waals surface area contributed by atoms with Crippen LogP contribution in [-0.2, 0) is 24.6 Å². The Kier molecular flexibility index (Phi) is 9.99. The van der Waals surface area contributed by atoms with Gasteiger partial charge in [0.25, 0.3) is 0 Å². The van der Waals surface area contributed by atoms with Gasteiger partial charge in [-0.05, 0) is 43.4 Å². The largest absolute Gasteiger partial charge is 0.481 e. The summed E-state index contributed by atoms with van der Waals surface area (Å²) in [4.78, 5) is 37.1. The summed E-state index contributed by atoms with van der Waals surface area (Å²) in [6.07, 6.45) is 1.47. The number of ether oxygens (including phenoxy) is 2. The molecule has 2 aliphatic heterocycles. The third kappa shape index (κ3) is 6.71. The summed E-state index contributed by atoms with van der Waals surface area (Å²) in [7, 11) is 0. The zero-order chi connectivity index (χ0) is 29.9. The highest BCUT2D eigenvalue weighted by atomic mass is 79.9. The van der Waals surface area contributed by atoms with Crippen LogP contribution in [0.25, 0.3) is 0 Å². The zero-order valence-electron chi connectivity index (χ0n) is 23.8. The third-order valence-electron chi connectivity index (χ3n) is 7.51. The Hall–Kier alpha value is -2.67. The Morgan fingerprint density at radius 3 is 2.73 bits per heavy atom. The Bertz CT molecular complexity index is 1330. The number of morpholine rings is 1. The van der Waals surface area contributed by atoms with Crippen molar-refractivity contribution >= 4 is 45.0 Å². The first-order valence-electron chi connectivity index (χ1n) is 13.7. The molecule has 2 aliphatic rings. The second-order valence-electron chi connectivity index (χ2n) is 10.8. The molecule has 2 aromatic rings. The molecule has 1 saturated heterocycles. The number of halogens is 2. The lowest BCUT2D eigenvalue weighted by Crippen LogP contribution is -2.58. The van der Waals surface area contributed by atoms with Crippen LogP contribution in [-0.4, -0.2) is 71.2 Å². The number of aliphatic carboxylic acids is 1. The predicted octanol–water partition coefficient (Wildman–Crippen LogP) is 4.96. The zero-order valence-corrected chi connectivity index (χ0v) is 26.2. The van der Waals surface area contributed by atoms with Crippen LogP contribution in [0.1, 0.15) is 51.6 Å². The minimum absolute atomic E-state index is 0.0168. The van der Waals surface area contributed by atoms with Crippen molar-refractivity contribution in [2.75, 3.05) is 26.3 Å². The molecular formula is C29H36BrFN4O5S. The number of amidine groups is 1. The van der Waals surface area contributed by atoms with Gasteiger partial charge >= 0.3 is 11.9 Å². The number of aromatic nitrogens is 1. The van der Waals surface area contributed by atoms with Crippen molar-refractivity contribution in [1.29, 1.82) is 0 Å². The van der Waals surface area contributed by atoms with Gasteiger partial charge in [0, 0.05) is 47.3 Å². The standard InChI is InChI=1S/C29H36BrFN4O5S/c1-6-39-28(38)23-21(15-35-10-11-40-25(16(2)3)24(35)17(4)13-22(36)37)33-26(27-32-9-12-41-27)34-29(23,5)19-8-7-18(31)14-20(19)30/h7-9,12,14,16-17,24-25H,6,10-11,13,15H2,1-5H3,(H,33,34)(H,36,37)/t17-,24-,25-,29-/m1/s1. The minimum atomic E-state index is -1.26. The van der Waals surface area contributed by atoms with Crippen LogP contribution in [0, 0.1) is 17.7 Å². The maximum Gasteiger partial charge on any atom is 0.338 e. The second kappa shape index (κ2) is 13.1. The fourth-order valence-electron chi connectivity index (χ4n) is 5.79. The third-order valence-corrected chi connectivity index (χ3v) is 8.94. The Morgan fingerprint density at radius 2 is 2.12 bits per heavy atom. The summed E-state index contributed by atoms with van der Waals surface area (Å²) in [5.41, 5.74) is 0.197. The monoisotopic (exact) mass is 650 g/mol. The number of thiazole rings is 1. The highest BCUT2D eigenvalue weighted by molar-refractivity contribution is 9.10. The topological polar surface area (TPSA) is 113 Å². The first-order valence-corrected chi connectivity index (χ1v) is 15.3. The molecule has 9 nitrogen and oxygen atoms in total. The van der Waals surface area contributed by atoms with E-state index >= 15 is 0 Å². The van der Waals surface area contributed by atoms with Gasteiger partial charge in [0.15, 0.2) is 10.8 Å². The van der Waals surface area contributed by atoms with Gasteiger partial charge in [-0.25, -0.2) is 19.2 Å². The van der Waals surface area contributed by atoms with Gasteiger partial charge in [-0.3, -0.25) is 9.69 Å². The summed E-state index contributed by atoms with van der Waals surface area (Å²) in [6.45, 7) is 11.1. The SMILES string of the molecule is CCOC(=O)C1=C(CN2CCO[C@H](C(C)C)[C@H]2[C@H](C)CC(=O)O)NC(c2nccs2)=N[C@]1(C)c1ccc(F)cc1Br. The fraction of sp³-hybridized carbons (Fsp3) is 0.517. The molecule has 1 fully saturated rings. The van der Waals surface area contributed by atoms with E-state index in [9.17, 15) is 19.1 Å². The van der Waals surface area contributed by atoms with Crippen LogP contribution in [0.2, 0.25) is 0 Å². The molecule has 0 amide bonds. The molecule has 0 saturated carbocycles. The summed E-state index contributed by atoms with van der Waals surface area (Å²) in [6, 6.07) is 4.09. The molecule has 2 N–H and O–H groups in total. The highest BCUT2D eigenvalue weighted by Gasteiger charge is 2.45. The number of carboxylic acids is 1. The van der Waals surface area contributed by atoms with Gasteiger partial charge in [0.05, 0.1) is 24.9 Å². The van der Waals surface area contributed by atoms with Crippen LogP contribution in [0.4, 0.5) is 4.39 Å². The van der Waals surface area contributed by atoms with E-state index in [-0.39, 0.29) is 43.6 Å². The predicted molar refractivity (Wildman–Crippen MR) is 158 cm³/mol. The molecule has 4 atom stereocenters. The number of benzene rings is 1. The van der Waals surface area contributed by atoms with E-state index in [0.29, 0.717) is 45.3 Å². The van der Waals surface area contributed by atoms with Gasteiger partial charge in [-0.15, -0.1) is 11.3 Å². The average Bonchev–Trinajstić information content (AvgIpc) is 3.43. The molecule has 12 heteroatoms. The first-order chi connectivity index (χ1) is 19.5. The minimum Gasteiger partial charge on any atom is -0.481 e. The number of aliphatic imine (C=N–C) groups is 1. The number of carbonyl (C=O) groups is 2. The molecule has 0 aliphatic carbocycles. The molecule has 1 aromatic heterocycles. The molecule has 4 rings (SSSR count). The number of esters is 1. The number of nitrogens with zero attached hydrogens (tertiary/aromatic N) is 3. The van der Waals surface area contributed by atoms with Gasteiger partial charge in [0.1, 0.15) is 11.4 Å². The van der Waals surface area contributed by atoms with Crippen molar-refractivity contribution in [3.63, 3.8) is 0 Å². The van der Waals surface area contributed by atoms with Gasteiger partial charge in [-0.2, -0.15) is 0 Å². The highest BCUT2D eigenvalue weighted by Crippen LogP contribution is 2.43. The molecule has 0 unspecified atom stereocenters. The van der Waals surface area contributed by atoms with E-state index in [2.05, 4.69) is 45.0 Å². The summed E-state index contributed by atoms with van der Waals surface area (Å²) >= 11 is 4.90. The maximum atomic E-state index is 14.2. The molecule has 0 radical (unpaired) electrons. The van der Waals surface area contributed by atoms with Crippen LogP contribution in [0.3, 0.4) is 0 Å². The van der Waals surface area contributed by atoms with E-state index in [1.54, 1.807) is 19.2 Å². The van der Waals surface area contributed by atoms with Crippen molar-refractivity contribution in [2.45, 2.75) is 58.7 Å². The molecule has 41 heavy (non-hydrogen) atoms. The molecule has 222 valence electrons. The Morgan fingerprint density at radius 1 is 1.37 bits per heavy atom. The lowest BCUT2D eigenvalue weighted by atomic mass is 9.81. The van der Waals surface area contributed by atoms with Crippen molar-refractivity contribution in [3.8, 4) is 0 Å². The van der Waals surface area contributed by atoms with Crippen LogP contribution < -0.4 is 5.32 Å². The van der Waals surface area contributed by atoms with Crippen LogP contribution in [0.15, 0.2) is 50.5 Å². The molecule has 3 heterocycles. The quantitative estimate of drug-likeness (QED) is 0.347. The van der Waals surface area contributed by atoms with E-state index in [1.807, 2.05) is 19.2 Å². The van der Waals surface area contributed by atoms with Gasteiger partial charge < -0.3 is 19.9 Å². The number of hydrogen-bond acceptors (Lipinski definition) is 9. The Balaban J connectivity index is 1.89. The van der Waals surface area contributed by atoms with Crippen molar-refractivity contribution < 1.29 is 28.6 Å². The number of carbonyl (C=O) groups excluding carboxylic acids is 1. The first kappa shape index (κ1) is 31.3. The molecule has 0 spiro atoms. The number of hydrogen-bond donors (Lipinski definition) is 2. The number of nitrogens with one attached hydrogen (secondary N) is 1. The van der Waals surface area contributed by atoms with E-state index in [4.69, 9.17) is 14.5 Å². The molecular weight excluding hydrogens is 615 g/mol. The molecule has 0 bridgehead atoms. The average molecular weight is 652 g/mol. The normalized spacial score (nSPS) is 24.1. The van der Waals surface area contributed by atoms with E-state index in [1.165, 1.54) is 23.5 Å². The summed E-state index contributed by atoms with van der Waals surface area (Å²) in [5, 5.41) is 15.5. The lowest BCUT2D eigenvalue weighted by Gasteiger charge is -2.46. The van der Waals surface area contributed by atoms with Gasteiger partial charge in [0.2, 0.25) is 0 Å². The van der Waals surface area contributed by atoms with Crippen molar-refractivity contribution in [2.24, 2.45) is 16.8 Å². The van der Waals surface area contributed by atoms with Crippen LogP contribution in [0.5, 0.6) is 0 Å². The lowest BCUT2D eigenvalue weighted by molar-refractivity contribution is -0.142. The number of rotatable bonds is 10. The fourth-order valence-corrected chi connectivity index (χ4v) is 7.10. The maximum absolute atomic E-state index is 14.2. The second-order valence-corrected chi connectivity index (χ2v) is 12.6. The van der Waals surface area contributed by atoms with Crippen molar-refractivity contribution in [1.82, 2.24) is 15.2 Å². The molecule has 1 aromatic carbocycles. The number of carboxylic acid groups (broad SMARTS) is 1. The summed E-state index contributed by atoms with van der Waals surface area (Å²) < 4.78 is 26.4. The summed E-state index contributed by atoms with van der Waals surface area (Å²) in [5.74, 6) is -1.44. The van der Waals surface area contributed by atoms with E-state index in [0.717, 1.165) is 0 Å². The van der Waals surface area contributed by atoms with E-state index < -0.39 is 23.3 Å².